The third kappa shape index (κ3) is 5.89. The molecule has 0 saturated heterocycles. The largest absolute Gasteiger partial charge is 0.363 e. The van der Waals surface area contributed by atoms with E-state index in [1.807, 2.05) is 48.8 Å². The Morgan fingerprint density at radius 2 is 1.45 bits per heavy atom. The van der Waals surface area contributed by atoms with Gasteiger partial charge in [0.25, 0.3) is 0 Å². The summed E-state index contributed by atoms with van der Waals surface area (Å²) in [6.07, 6.45) is 8.50. The predicted molar refractivity (Wildman–Crippen MR) is 206 cm³/mol. The van der Waals surface area contributed by atoms with Crippen molar-refractivity contribution in [1.82, 2.24) is 14.7 Å². The van der Waals surface area contributed by atoms with Gasteiger partial charge in [0.05, 0.1) is 13.2 Å². The van der Waals surface area contributed by atoms with Crippen molar-refractivity contribution in [2.24, 2.45) is 0 Å². The Bertz CT molecular complexity index is 2260. The van der Waals surface area contributed by atoms with E-state index in [1.54, 1.807) is 0 Å². The van der Waals surface area contributed by atoms with Gasteiger partial charge in [-0.2, -0.15) is 10.5 Å². The maximum atomic E-state index is 10.4. The third-order valence-corrected chi connectivity index (χ3v) is 11.4. The average molecular weight is 694 g/mol. The molecule has 0 aliphatic carbocycles. The Morgan fingerprint density at radius 3 is 2.19 bits per heavy atom. The van der Waals surface area contributed by atoms with Gasteiger partial charge in [-0.3, -0.25) is 0 Å². The van der Waals surface area contributed by atoms with E-state index in [9.17, 15) is 10.5 Å². The molecule has 4 aromatic rings. The molecule has 0 N–H and O–H groups in total. The monoisotopic (exact) mass is 693 g/mol. The molecule has 0 aromatic heterocycles. The first-order valence-corrected chi connectivity index (χ1v) is 18.3. The Kier molecular flexibility index (Phi) is 8.22. The van der Waals surface area contributed by atoms with Crippen molar-refractivity contribution in [1.29, 1.82) is 10.5 Å². The van der Waals surface area contributed by atoms with Gasteiger partial charge in [-0.05, 0) is 71.8 Å². The van der Waals surface area contributed by atoms with Crippen molar-refractivity contribution in [3.63, 3.8) is 0 Å². The lowest BCUT2D eigenvalue weighted by Gasteiger charge is -2.39. The van der Waals surface area contributed by atoms with Gasteiger partial charge in [0.1, 0.15) is 36.4 Å². The molecule has 2 bridgehead atoms. The van der Waals surface area contributed by atoms with Crippen LogP contribution < -0.4 is 14.7 Å². The van der Waals surface area contributed by atoms with E-state index < -0.39 is 0 Å². The standard InChI is InChI=1S/C44H39N9/c1-47-43-29-50(37-12-6-3-7-13-37)31-51(43)26-35-23-41-34-21-32(16-18-48-30-49(27-38(48)24-45)36-10-4-2-5-11-36)20-33(22-34)17-19-52-39(25-46)28-53(44(41)52)42-15-9-8-14-40(35)42/h2-15,20-22,27-29,35,41,44H,16-19,23,26,30-31H2. The minimum atomic E-state index is -0.0272. The number of fused-ring (bicyclic) bond motifs is 5. The summed E-state index contributed by atoms with van der Waals surface area (Å²) in [5, 5.41) is 20.4. The van der Waals surface area contributed by atoms with Crippen LogP contribution in [0.3, 0.4) is 0 Å². The fourth-order valence-corrected chi connectivity index (χ4v) is 8.86. The van der Waals surface area contributed by atoms with Crippen LogP contribution in [0.25, 0.3) is 4.85 Å². The number of hydrogen-bond acceptors (Lipinski definition) is 8. The Balaban J connectivity index is 1.03. The van der Waals surface area contributed by atoms with Crippen molar-refractivity contribution in [2.75, 3.05) is 47.7 Å². The lowest BCUT2D eigenvalue weighted by atomic mass is 9.81. The molecule has 0 spiro atoms. The van der Waals surface area contributed by atoms with Gasteiger partial charge >= 0.3 is 0 Å². The van der Waals surface area contributed by atoms with E-state index in [4.69, 9.17) is 6.57 Å². The van der Waals surface area contributed by atoms with Gasteiger partial charge < -0.3 is 34.2 Å². The second-order valence-corrected chi connectivity index (χ2v) is 14.4. The normalized spacial score (nSPS) is 21.3. The highest BCUT2D eigenvalue weighted by atomic mass is 15.4. The van der Waals surface area contributed by atoms with Gasteiger partial charge in [0, 0.05) is 60.6 Å². The van der Waals surface area contributed by atoms with Crippen molar-refractivity contribution in [2.45, 2.75) is 37.3 Å². The minimum Gasteiger partial charge on any atom is -0.363 e. The van der Waals surface area contributed by atoms with Crippen molar-refractivity contribution in [3.05, 3.63) is 173 Å². The predicted octanol–water partition coefficient (Wildman–Crippen LogP) is 7.51. The summed E-state index contributed by atoms with van der Waals surface area (Å²) in [7, 11) is 0. The van der Waals surface area contributed by atoms with E-state index in [0.29, 0.717) is 37.1 Å². The molecule has 9 heteroatoms. The summed E-state index contributed by atoms with van der Waals surface area (Å²) in [4.78, 5) is 17.4. The van der Waals surface area contributed by atoms with Gasteiger partial charge in [0.2, 0.25) is 5.82 Å². The maximum absolute atomic E-state index is 10.4. The number of allylic oxidation sites excluding steroid dienone is 2. The van der Waals surface area contributed by atoms with Crippen LogP contribution in [0.4, 0.5) is 17.1 Å². The van der Waals surface area contributed by atoms with Gasteiger partial charge in [-0.1, -0.05) is 79.4 Å². The molecule has 9 nitrogen and oxygen atoms in total. The smallest absolute Gasteiger partial charge is 0.243 e. The summed E-state index contributed by atoms with van der Waals surface area (Å²) in [5.74, 6) is 0.911. The van der Waals surface area contributed by atoms with E-state index in [1.165, 1.54) is 22.3 Å². The molecule has 0 saturated carbocycles. The van der Waals surface area contributed by atoms with Crippen LogP contribution in [0.5, 0.6) is 0 Å². The molecule has 5 heterocycles. The molecular weight excluding hydrogens is 655 g/mol. The molecule has 0 fully saturated rings. The summed E-state index contributed by atoms with van der Waals surface area (Å²) < 4.78 is 0. The third-order valence-electron chi connectivity index (χ3n) is 11.4. The maximum Gasteiger partial charge on any atom is 0.243 e. The molecular formula is C44H39N9. The fourth-order valence-electron chi connectivity index (χ4n) is 8.86. The Morgan fingerprint density at radius 1 is 0.755 bits per heavy atom. The van der Waals surface area contributed by atoms with Crippen LogP contribution in [0.2, 0.25) is 0 Å². The molecule has 4 aromatic carbocycles. The summed E-state index contributed by atoms with van der Waals surface area (Å²) in [5.41, 5.74) is 9.78. The first kappa shape index (κ1) is 32.3. The molecule has 0 radical (unpaired) electrons. The minimum absolute atomic E-state index is 0.0272. The highest BCUT2D eigenvalue weighted by Crippen LogP contribution is 2.49. The molecule has 0 amide bonds. The molecule has 5 aliphatic rings. The number of benzene rings is 4. The summed E-state index contributed by atoms with van der Waals surface area (Å²) in [6, 6.07) is 41.2. The number of nitriles is 2. The SMILES string of the molecule is [C-]#[N+]C1=CN(c2ccccc2)CN1CC1CC2c3cc(CCN4CN(c5ccccc5)C=C4C#N)cc(c3)CCN3C(C#N)=CN(c4ccccc41)C23. The second-order valence-electron chi connectivity index (χ2n) is 14.4. The molecule has 260 valence electrons. The number of hydrogen-bond donors (Lipinski definition) is 0. The topological polar surface area (TPSA) is 71.4 Å². The Labute approximate surface area is 311 Å². The number of nitrogens with zero attached hydrogens (tertiary/aromatic N) is 9. The number of para-hydroxylation sites is 3. The zero-order valence-corrected chi connectivity index (χ0v) is 29.5. The van der Waals surface area contributed by atoms with Crippen LogP contribution in [0.1, 0.15) is 40.5 Å². The quantitative estimate of drug-likeness (QED) is 0.184. The van der Waals surface area contributed by atoms with Gasteiger partial charge in [-0.25, -0.2) is 0 Å². The Hall–Kier alpha value is -6.63. The summed E-state index contributed by atoms with van der Waals surface area (Å²) in [6.45, 7) is 11.6. The molecule has 9 rings (SSSR count). The average Bonchev–Trinajstić information content (AvgIpc) is 3.91. The fraction of sp³-hybridized carbons (Fsp3) is 0.250. The van der Waals surface area contributed by atoms with Crippen LogP contribution in [0, 0.1) is 29.2 Å². The number of rotatable bonds is 7. The van der Waals surface area contributed by atoms with Crippen molar-refractivity contribution in [3.8, 4) is 12.1 Å². The van der Waals surface area contributed by atoms with Crippen LogP contribution >= 0.6 is 0 Å². The molecule has 5 aliphatic heterocycles. The molecule has 3 unspecified atom stereocenters. The highest BCUT2D eigenvalue weighted by molar-refractivity contribution is 5.63. The van der Waals surface area contributed by atoms with E-state index in [0.717, 1.165) is 49.4 Å². The van der Waals surface area contributed by atoms with Crippen LogP contribution in [-0.2, 0) is 12.8 Å². The van der Waals surface area contributed by atoms with Crippen LogP contribution in [0.15, 0.2) is 139 Å². The summed E-state index contributed by atoms with van der Waals surface area (Å²) >= 11 is 0. The molecule has 3 atom stereocenters. The lowest BCUT2D eigenvalue weighted by molar-refractivity contribution is 0.234. The zero-order chi connectivity index (χ0) is 35.9. The van der Waals surface area contributed by atoms with Gasteiger partial charge in [-0.15, -0.1) is 0 Å². The van der Waals surface area contributed by atoms with E-state index >= 15 is 0 Å². The van der Waals surface area contributed by atoms with Crippen LogP contribution in [-0.4, -0.2) is 53.8 Å². The van der Waals surface area contributed by atoms with E-state index in [-0.39, 0.29) is 18.0 Å². The second kappa shape index (κ2) is 13.5. The zero-order valence-electron chi connectivity index (χ0n) is 29.5. The van der Waals surface area contributed by atoms with Crippen molar-refractivity contribution >= 4 is 17.1 Å². The molecule has 53 heavy (non-hydrogen) atoms. The first-order chi connectivity index (χ1) is 26.1. The van der Waals surface area contributed by atoms with E-state index in [2.05, 4.69) is 119 Å². The number of anilines is 3. The van der Waals surface area contributed by atoms with Crippen molar-refractivity contribution < 1.29 is 0 Å². The van der Waals surface area contributed by atoms with Gasteiger partial charge in [0.15, 0.2) is 0 Å². The lowest BCUT2D eigenvalue weighted by Crippen LogP contribution is -2.45. The highest BCUT2D eigenvalue weighted by Gasteiger charge is 2.45. The first-order valence-electron chi connectivity index (χ1n) is 18.3.